The van der Waals surface area contributed by atoms with E-state index in [1.807, 2.05) is 48.7 Å². The van der Waals surface area contributed by atoms with E-state index in [0.29, 0.717) is 42.3 Å². The second-order valence-corrected chi connectivity index (χ2v) is 7.84. The number of imidazole rings is 1. The molecule has 9 nitrogen and oxygen atoms in total. The van der Waals surface area contributed by atoms with Crippen LogP contribution in [0.4, 0.5) is 17.1 Å². The van der Waals surface area contributed by atoms with Crippen molar-refractivity contribution in [2.24, 2.45) is 4.99 Å². The average Bonchev–Trinajstić information content (AvgIpc) is 3.31. The Kier molecular flexibility index (Phi) is 8.39. The van der Waals surface area contributed by atoms with Gasteiger partial charge in [-0.05, 0) is 32.2 Å². The Morgan fingerprint density at radius 3 is 2.76 bits per heavy atom. The molecule has 0 fully saturated rings. The standard InChI is InChI=1S/C25H30N6O3/c1-5-27-21-12-24(23(30(4)17-32)11-20(21)26-3)34-15-18(2)29-25(33)22-14-31(16-28-22)13-19-9-7-6-8-10-19/h6-12,14,16-18,27H,3,5,13,15H2,1-2,4H3,(H,29,33)/t18-/m1/s1. The molecular weight excluding hydrogens is 432 g/mol. The van der Waals surface area contributed by atoms with Crippen LogP contribution < -0.4 is 20.3 Å². The van der Waals surface area contributed by atoms with Crippen molar-refractivity contribution in [1.29, 1.82) is 0 Å². The van der Waals surface area contributed by atoms with Crippen molar-refractivity contribution in [2.75, 3.05) is 30.4 Å². The van der Waals surface area contributed by atoms with Crippen molar-refractivity contribution in [3.8, 4) is 5.75 Å². The molecule has 0 aliphatic heterocycles. The maximum absolute atomic E-state index is 12.7. The Labute approximate surface area is 199 Å². The molecular formula is C25H30N6O3. The lowest BCUT2D eigenvalue weighted by Crippen LogP contribution is -2.37. The highest BCUT2D eigenvalue weighted by molar-refractivity contribution is 5.92. The zero-order valence-electron chi connectivity index (χ0n) is 19.7. The zero-order chi connectivity index (χ0) is 24.5. The van der Waals surface area contributed by atoms with E-state index in [0.717, 1.165) is 11.3 Å². The highest BCUT2D eigenvalue weighted by Crippen LogP contribution is 2.38. The first kappa shape index (κ1) is 24.5. The van der Waals surface area contributed by atoms with Gasteiger partial charge in [0.15, 0.2) is 0 Å². The lowest BCUT2D eigenvalue weighted by Gasteiger charge is -2.21. The summed E-state index contributed by atoms with van der Waals surface area (Å²) in [5.41, 5.74) is 3.37. The van der Waals surface area contributed by atoms with Gasteiger partial charge in [0.25, 0.3) is 5.91 Å². The molecule has 0 aliphatic rings. The van der Waals surface area contributed by atoms with Gasteiger partial charge in [0.2, 0.25) is 6.41 Å². The molecule has 0 saturated heterocycles. The number of anilines is 2. The van der Waals surface area contributed by atoms with Gasteiger partial charge >= 0.3 is 0 Å². The molecule has 1 atom stereocenters. The van der Waals surface area contributed by atoms with Crippen LogP contribution in [0.15, 0.2) is 60.0 Å². The minimum atomic E-state index is -0.305. The first-order valence-electron chi connectivity index (χ1n) is 11.0. The number of ether oxygens (including phenoxy) is 1. The molecule has 0 spiro atoms. The summed E-state index contributed by atoms with van der Waals surface area (Å²) >= 11 is 0. The fraction of sp³-hybridized carbons (Fsp3) is 0.280. The summed E-state index contributed by atoms with van der Waals surface area (Å²) in [6, 6.07) is 13.2. The number of hydrogen-bond acceptors (Lipinski definition) is 6. The molecule has 0 radical (unpaired) electrons. The van der Waals surface area contributed by atoms with Crippen LogP contribution in [0.2, 0.25) is 0 Å². The molecule has 0 saturated carbocycles. The summed E-state index contributed by atoms with van der Waals surface area (Å²) < 4.78 is 7.85. The van der Waals surface area contributed by atoms with Gasteiger partial charge in [-0.2, -0.15) is 0 Å². The normalized spacial score (nSPS) is 11.4. The first-order valence-corrected chi connectivity index (χ1v) is 11.0. The fourth-order valence-electron chi connectivity index (χ4n) is 3.38. The number of amides is 2. The lowest BCUT2D eigenvalue weighted by atomic mass is 10.2. The number of carbonyl (C=O) groups excluding carboxylic acids is 2. The molecule has 2 aromatic carbocycles. The number of benzene rings is 2. The lowest BCUT2D eigenvalue weighted by molar-refractivity contribution is -0.107. The Hall–Kier alpha value is -4.14. The molecule has 34 heavy (non-hydrogen) atoms. The first-order chi connectivity index (χ1) is 16.4. The topological polar surface area (TPSA) is 101 Å². The van der Waals surface area contributed by atoms with E-state index in [9.17, 15) is 9.59 Å². The van der Waals surface area contributed by atoms with Gasteiger partial charge in [0.05, 0.1) is 29.4 Å². The number of nitrogens with one attached hydrogen (secondary N) is 2. The number of nitrogens with zero attached hydrogens (tertiary/aromatic N) is 4. The molecule has 3 rings (SSSR count). The van der Waals surface area contributed by atoms with Crippen molar-refractivity contribution in [1.82, 2.24) is 14.9 Å². The fourth-order valence-corrected chi connectivity index (χ4v) is 3.38. The summed E-state index contributed by atoms with van der Waals surface area (Å²) in [6.45, 7) is 8.93. The summed E-state index contributed by atoms with van der Waals surface area (Å²) in [4.78, 5) is 33.7. The molecule has 9 heteroatoms. The Morgan fingerprint density at radius 2 is 2.09 bits per heavy atom. The number of aliphatic imine (C=N–C) groups is 1. The number of carbonyl (C=O) groups is 2. The van der Waals surface area contributed by atoms with Crippen molar-refractivity contribution in [3.63, 3.8) is 0 Å². The minimum absolute atomic E-state index is 0.197. The maximum atomic E-state index is 12.7. The molecule has 0 aliphatic carbocycles. The number of rotatable bonds is 12. The van der Waals surface area contributed by atoms with Crippen molar-refractivity contribution < 1.29 is 14.3 Å². The molecule has 1 heterocycles. The molecule has 1 aromatic heterocycles. The second kappa shape index (κ2) is 11.6. The van der Waals surface area contributed by atoms with E-state index < -0.39 is 0 Å². The summed E-state index contributed by atoms with van der Waals surface area (Å²) in [6.07, 6.45) is 4.05. The van der Waals surface area contributed by atoms with E-state index in [2.05, 4.69) is 27.3 Å². The minimum Gasteiger partial charge on any atom is -0.489 e. The van der Waals surface area contributed by atoms with E-state index in [4.69, 9.17) is 4.74 Å². The van der Waals surface area contributed by atoms with Gasteiger partial charge in [-0.3, -0.25) is 14.6 Å². The molecule has 178 valence electrons. The maximum Gasteiger partial charge on any atom is 0.271 e. The van der Waals surface area contributed by atoms with Crippen molar-refractivity contribution in [3.05, 3.63) is 66.2 Å². The van der Waals surface area contributed by atoms with Crippen LogP contribution in [0.25, 0.3) is 0 Å². The van der Waals surface area contributed by atoms with Gasteiger partial charge in [-0.15, -0.1) is 0 Å². The molecule has 0 bridgehead atoms. The van der Waals surface area contributed by atoms with Crippen molar-refractivity contribution >= 4 is 36.1 Å². The summed E-state index contributed by atoms with van der Waals surface area (Å²) in [7, 11) is 1.63. The van der Waals surface area contributed by atoms with Gasteiger partial charge in [-0.25, -0.2) is 4.98 Å². The van der Waals surface area contributed by atoms with E-state index in [1.54, 1.807) is 31.7 Å². The summed E-state index contributed by atoms with van der Waals surface area (Å²) in [5.74, 6) is 0.207. The molecule has 0 unspecified atom stereocenters. The van der Waals surface area contributed by atoms with Crippen LogP contribution in [0.5, 0.6) is 5.75 Å². The van der Waals surface area contributed by atoms with Crippen molar-refractivity contribution in [2.45, 2.75) is 26.4 Å². The van der Waals surface area contributed by atoms with Crippen LogP contribution in [-0.4, -0.2) is 54.8 Å². The van der Waals surface area contributed by atoms with E-state index in [-0.39, 0.29) is 18.6 Å². The zero-order valence-corrected chi connectivity index (χ0v) is 19.7. The Morgan fingerprint density at radius 1 is 1.32 bits per heavy atom. The third-order valence-corrected chi connectivity index (χ3v) is 5.09. The number of hydrogen-bond donors (Lipinski definition) is 2. The van der Waals surface area contributed by atoms with Gasteiger partial charge in [0.1, 0.15) is 18.1 Å². The molecule has 3 aromatic rings. The van der Waals surface area contributed by atoms with Crippen LogP contribution >= 0.6 is 0 Å². The van der Waals surface area contributed by atoms with Crippen LogP contribution in [0, 0.1) is 0 Å². The molecule has 2 amide bonds. The SMILES string of the molecule is C=Nc1cc(N(C)C=O)c(OC[C@@H](C)NC(=O)c2cn(Cc3ccccc3)cn2)cc1NCC. The van der Waals surface area contributed by atoms with Crippen LogP contribution in [-0.2, 0) is 11.3 Å². The highest BCUT2D eigenvalue weighted by Gasteiger charge is 2.17. The monoisotopic (exact) mass is 462 g/mol. The third-order valence-electron chi connectivity index (χ3n) is 5.09. The van der Waals surface area contributed by atoms with Gasteiger partial charge in [-0.1, -0.05) is 30.3 Å². The van der Waals surface area contributed by atoms with Gasteiger partial charge < -0.3 is 24.8 Å². The van der Waals surface area contributed by atoms with E-state index in [1.165, 1.54) is 4.90 Å². The largest absolute Gasteiger partial charge is 0.489 e. The van der Waals surface area contributed by atoms with E-state index >= 15 is 0 Å². The number of aromatic nitrogens is 2. The van der Waals surface area contributed by atoms with Crippen LogP contribution in [0.1, 0.15) is 29.9 Å². The summed E-state index contributed by atoms with van der Waals surface area (Å²) in [5, 5.41) is 6.11. The van der Waals surface area contributed by atoms with Gasteiger partial charge in [0, 0.05) is 32.4 Å². The quantitative estimate of drug-likeness (QED) is 0.317. The predicted octanol–water partition coefficient (Wildman–Crippen LogP) is 3.49. The smallest absolute Gasteiger partial charge is 0.271 e. The highest BCUT2D eigenvalue weighted by atomic mass is 16.5. The average molecular weight is 463 g/mol. The second-order valence-electron chi connectivity index (χ2n) is 7.84. The Balaban J connectivity index is 1.64. The predicted molar refractivity (Wildman–Crippen MR) is 134 cm³/mol. The third kappa shape index (κ3) is 6.22. The van der Waals surface area contributed by atoms with Crippen LogP contribution in [0.3, 0.4) is 0 Å². The molecule has 2 N–H and O–H groups in total. The Bertz CT molecular complexity index is 1130.